The van der Waals surface area contributed by atoms with Gasteiger partial charge in [-0.2, -0.15) is 0 Å². The van der Waals surface area contributed by atoms with Crippen LogP contribution >= 0.6 is 0 Å². The van der Waals surface area contributed by atoms with E-state index in [1.807, 2.05) is 17.0 Å². The molecule has 122 valence electrons. The van der Waals surface area contributed by atoms with Gasteiger partial charge in [0.15, 0.2) is 0 Å². The Morgan fingerprint density at radius 1 is 1.17 bits per heavy atom. The van der Waals surface area contributed by atoms with Crippen molar-refractivity contribution in [2.45, 2.75) is 31.8 Å². The molecule has 1 aliphatic rings. The van der Waals surface area contributed by atoms with Crippen LogP contribution in [0.5, 0.6) is 0 Å². The Morgan fingerprint density at radius 2 is 1.91 bits per heavy atom. The zero-order chi connectivity index (χ0) is 16.1. The first-order valence-corrected chi connectivity index (χ1v) is 7.86. The average molecular weight is 317 g/mol. The van der Waals surface area contributed by atoms with Gasteiger partial charge in [0.2, 0.25) is 5.91 Å². The lowest BCUT2D eigenvalue weighted by Crippen LogP contribution is -2.43. The van der Waals surface area contributed by atoms with E-state index in [2.05, 4.69) is 0 Å². The van der Waals surface area contributed by atoms with Crippen molar-refractivity contribution < 1.29 is 18.3 Å². The fourth-order valence-electron chi connectivity index (χ4n) is 2.87. The van der Waals surface area contributed by atoms with Crippen molar-refractivity contribution in [2.24, 2.45) is 0 Å². The summed E-state index contributed by atoms with van der Waals surface area (Å²) in [6.45, 7) is 1.80. The molecule has 3 rings (SSSR count). The average Bonchev–Trinajstić information content (AvgIpc) is 3.09. The number of carbonyl (C=O) groups is 1. The topological polar surface area (TPSA) is 42.7 Å². The molecule has 1 amide bonds. The third-order valence-corrected chi connectivity index (χ3v) is 4.13. The van der Waals surface area contributed by atoms with Crippen LogP contribution in [0, 0.1) is 5.82 Å². The first-order valence-electron chi connectivity index (χ1n) is 7.86. The van der Waals surface area contributed by atoms with Crippen LogP contribution in [0.15, 0.2) is 47.1 Å². The predicted molar refractivity (Wildman–Crippen MR) is 83.2 cm³/mol. The molecular formula is C18H20FNO3. The molecule has 1 aromatic heterocycles. The highest BCUT2D eigenvalue weighted by Gasteiger charge is 2.26. The van der Waals surface area contributed by atoms with Crippen molar-refractivity contribution in [3.63, 3.8) is 0 Å². The van der Waals surface area contributed by atoms with E-state index in [0.29, 0.717) is 19.8 Å². The number of benzene rings is 1. The Labute approximate surface area is 134 Å². The van der Waals surface area contributed by atoms with Crippen LogP contribution in [0.3, 0.4) is 0 Å². The second-order valence-corrected chi connectivity index (χ2v) is 5.75. The molecule has 1 aromatic carbocycles. The molecule has 0 atom stereocenters. The smallest absolute Gasteiger partial charge is 0.227 e. The summed E-state index contributed by atoms with van der Waals surface area (Å²) in [6, 6.07) is 9.92. The van der Waals surface area contributed by atoms with Crippen LogP contribution in [0.2, 0.25) is 0 Å². The molecule has 0 aliphatic carbocycles. The number of nitrogens with zero attached hydrogens (tertiary/aromatic N) is 1. The van der Waals surface area contributed by atoms with Crippen LogP contribution in [0.25, 0.3) is 0 Å². The van der Waals surface area contributed by atoms with Gasteiger partial charge >= 0.3 is 0 Å². The van der Waals surface area contributed by atoms with Gasteiger partial charge in [0, 0.05) is 19.3 Å². The normalized spacial score (nSPS) is 15.5. The van der Waals surface area contributed by atoms with Crippen LogP contribution in [-0.4, -0.2) is 30.1 Å². The Bertz CT molecular complexity index is 618. The van der Waals surface area contributed by atoms with Crippen LogP contribution in [-0.2, 0) is 22.5 Å². The zero-order valence-electron chi connectivity index (χ0n) is 12.9. The third-order valence-electron chi connectivity index (χ3n) is 4.13. The molecule has 2 heterocycles. The fourth-order valence-corrected chi connectivity index (χ4v) is 2.87. The lowest BCUT2D eigenvalue weighted by Gasteiger charge is -2.34. The summed E-state index contributed by atoms with van der Waals surface area (Å²) >= 11 is 0. The quantitative estimate of drug-likeness (QED) is 0.850. The summed E-state index contributed by atoms with van der Waals surface area (Å²) in [5.41, 5.74) is 0.813. The second kappa shape index (κ2) is 7.42. The largest absolute Gasteiger partial charge is 0.467 e. The molecule has 1 fully saturated rings. The monoisotopic (exact) mass is 317 g/mol. The standard InChI is InChI=1S/C18H20FNO3/c19-15-5-3-14(4-6-15)12-18(21)20(13-17-2-1-9-23-17)16-7-10-22-11-8-16/h1-6,9,16H,7-8,10-13H2. The van der Waals surface area contributed by atoms with Crippen molar-refractivity contribution >= 4 is 5.91 Å². The van der Waals surface area contributed by atoms with Crippen LogP contribution < -0.4 is 0 Å². The zero-order valence-corrected chi connectivity index (χ0v) is 12.9. The van der Waals surface area contributed by atoms with E-state index in [1.165, 1.54) is 12.1 Å². The van der Waals surface area contributed by atoms with Gasteiger partial charge < -0.3 is 14.1 Å². The van der Waals surface area contributed by atoms with E-state index in [4.69, 9.17) is 9.15 Å². The number of carbonyl (C=O) groups excluding carboxylic acids is 1. The van der Waals surface area contributed by atoms with Crippen molar-refractivity contribution in [1.82, 2.24) is 4.90 Å². The van der Waals surface area contributed by atoms with Gasteiger partial charge in [-0.15, -0.1) is 0 Å². The van der Waals surface area contributed by atoms with E-state index in [1.54, 1.807) is 18.4 Å². The maximum atomic E-state index is 13.0. The van der Waals surface area contributed by atoms with Gasteiger partial charge in [0.25, 0.3) is 0 Å². The van der Waals surface area contributed by atoms with E-state index in [-0.39, 0.29) is 24.2 Å². The maximum Gasteiger partial charge on any atom is 0.227 e. The summed E-state index contributed by atoms with van der Waals surface area (Å²) < 4.78 is 23.8. The maximum absolute atomic E-state index is 13.0. The molecule has 1 aliphatic heterocycles. The molecule has 2 aromatic rings. The van der Waals surface area contributed by atoms with Crippen molar-refractivity contribution in [2.75, 3.05) is 13.2 Å². The number of hydrogen-bond donors (Lipinski definition) is 0. The molecule has 0 spiro atoms. The molecule has 0 radical (unpaired) electrons. The number of halogens is 1. The van der Waals surface area contributed by atoms with E-state index < -0.39 is 0 Å². The molecule has 0 saturated carbocycles. The Balaban J connectivity index is 1.72. The minimum atomic E-state index is -0.293. The highest BCUT2D eigenvalue weighted by molar-refractivity contribution is 5.79. The first-order chi connectivity index (χ1) is 11.2. The van der Waals surface area contributed by atoms with Gasteiger partial charge in [-0.05, 0) is 42.7 Å². The van der Waals surface area contributed by atoms with Gasteiger partial charge in [-0.1, -0.05) is 12.1 Å². The summed E-state index contributed by atoms with van der Waals surface area (Å²) in [4.78, 5) is 14.6. The predicted octanol–water partition coefficient (Wildman–Crippen LogP) is 3.17. The summed E-state index contributed by atoms with van der Waals surface area (Å²) in [5, 5.41) is 0. The van der Waals surface area contributed by atoms with Crippen molar-refractivity contribution in [3.05, 3.63) is 59.8 Å². The molecule has 23 heavy (non-hydrogen) atoms. The molecule has 0 bridgehead atoms. The first kappa shape index (κ1) is 15.7. The third kappa shape index (κ3) is 4.20. The summed E-state index contributed by atoms with van der Waals surface area (Å²) in [7, 11) is 0. The van der Waals surface area contributed by atoms with E-state index >= 15 is 0 Å². The molecular weight excluding hydrogens is 297 g/mol. The summed E-state index contributed by atoms with van der Waals surface area (Å²) in [6.07, 6.45) is 3.53. The highest BCUT2D eigenvalue weighted by atomic mass is 19.1. The van der Waals surface area contributed by atoms with Crippen molar-refractivity contribution in [1.29, 1.82) is 0 Å². The summed E-state index contributed by atoms with van der Waals surface area (Å²) in [5.74, 6) is 0.502. The lowest BCUT2D eigenvalue weighted by molar-refractivity contribution is -0.135. The molecule has 0 unspecified atom stereocenters. The second-order valence-electron chi connectivity index (χ2n) is 5.75. The lowest BCUT2D eigenvalue weighted by atomic mass is 10.0. The molecule has 0 N–H and O–H groups in total. The fraction of sp³-hybridized carbons (Fsp3) is 0.389. The number of ether oxygens (including phenoxy) is 1. The number of hydrogen-bond acceptors (Lipinski definition) is 3. The van der Waals surface area contributed by atoms with Gasteiger partial charge in [0.05, 0.1) is 19.2 Å². The molecule has 1 saturated heterocycles. The number of rotatable bonds is 5. The van der Waals surface area contributed by atoms with E-state index in [0.717, 1.165) is 24.2 Å². The SMILES string of the molecule is O=C(Cc1ccc(F)cc1)N(Cc1ccco1)C1CCOCC1. The van der Waals surface area contributed by atoms with E-state index in [9.17, 15) is 9.18 Å². The van der Waals surface area contributed by atoms with Crippen LogP contribution in [0.1, 0.15) is 24.2 Å². The van der Waals surface area contributed by atoms with Crippen molar-refractivity contribution in [3.8, 4) is 0 Å². The molecule has 5 heteroatoms. The number of amides is 1. The minimum absolute atomic E-state index is 0.0277. The highest BCUT2D eigenvalue weighted by Crippen LogP contribution is 2.19. The van der Waals surface area contributed by atoms with Gasteiger partial charge in [-0.3, -0.25) is 4.79 Å². The van der Waals surface area contributed by atoms with Gasteiger partial charge in [0.1, 0.15) is 11.6 Å². The van der Waals surface area contributed by atoms with Gasteiger partial charge in [-0.25, -0.2) is 4.39 Å². The molecule has 4 nitrogen and oxygen atoms in total. The minimum Gasteiger partial charge on any atom is -0.467 e. The Hall–Kier alpha value is -2.14. The Morgan fingerprint density at radius 3 is 2.57 bits per heavy atom. The number of furan rings is 1. The van der Waals surface area contributed by atoms with Crippen LogP contribution in [0.4, 0.5) is 4.39 Å². The Kier molecular flexibility index (Phi) is 5.08.